The summed E-state index contributed by atoms with van der Waals surface area (Å²) < 4.78 is 23.4. The molecule has 0 radical (unpaired) electrons. The average Bonchev–Trinajstić information content (AvgIpc) is 2.40. The van der Waals surface area contributed by atoms with E-state index in [-0.39, 0.29) is 5.75 Å². The number of sulfonamides is 1. The smallest absolute Gasteiger partial charge is 0.209 e. The Morgan fingerprint density at radius 1 is 1.41 bits per heavy atom. The summed E-state index contributed by atoms with van der Waals surface area (Å²) in [5.74, 6) is 0.294. The summed E-state index contributed by atoms with van der Waals surface area (Å²) in [5.41, 5.74) is 8.00. The predicted octanol–water partition coefficient (Wildman–Crippen LogP) is 0.237. The van der Waals surface area contributed by atoms with E-state index in [1.165, 1.54) is 0 Å². The maximum Gasteiger partial charge on any atom is 0.209 e. The molecular weight excluding hydrogens is 240 g/mol. The van der Waals surface area contributed by atoms with Gasteiger partial charge < -0.3 is 10.3 Å². The number of nitrogen functional groups attached to an aromatic ring is 1. The first-order chi connectivity index (χ1) is 7.78. The highest BCUT2D eigenvalue weighted by Crippen LogP contribution is 2.23. The molecule has 0 bridgehead atoms. The fraction of sp³-hybridized carbons (Fsp3) is 0.500. The van der Waals surface area contributed by atoms with Crippen LogP contribution in [0.3, 0.4) is 0 Å². The largest absolute Gasteiger partial charge is 0.384 e. The van der Waals surface area contributed by atoms with Crippen molar-refractivity contribution in [3.05, 3.63) is 16.8 Å². The fourth-order valence-electron chi connectivity index (χ4n) is 1.74. The highest BCUT2D eigenvalue weighted by atomic mass is 32.2. The summed E-state index contributed by atoms with van der Waals surface area (Å²) in [4.78, 5) is 0. The molecule has 0 amide bonds. The van der Waals surface area contributed by atoms with Crippen LogP contribution in [0.5, 0.6) is 0 Å². The molecule has 0 spiro atoms. The van der Waals surface area contributed by atoms with Gasteiger partial charge in [-0.1, -0.05) is 0 Å². The second-order valence-corrected chi connectivity index (χ2v) is 5.69. The minimum absolute atomic E-state index is 0.0923. The van der Waals surface area contributed by atoms with Gasteiger partial charge in [0.2, 0.25) is 10.0 Å². The van der Waals surface area contributed by atoms with Gasteiger partial charge in [-0.15, -0.1) is 0 Å². The molecular formula is C10H16N4O2S. The number of hydrogen-bond acceptors (Lipinski definition) is 4. The molecule has 0 aliphatic carbocycles. The van der Waals surface area contributed by atoms with Crippen molar-refractivity contribution in [2.45, 2.75) is 26.8 Å². The first-order valence-corrected chi connectivity index (χ1v) is 6.85. The number of anilines is 1. The lowest BCUT2D eigenvalue weighted by Gasteiger charge is -2.08. The summed E-state index contributed by atoms with van der Waals surface area (Å²) in [7, 11) is -3.45. The molecule has 4 N–H and O–H groups in total. The molecule has 6 nitrogen and oxygen atoms in total. The Bertz CT molecular complexity index is 566. The summed E-state index contributed by atoms with van der Waals surface area (Å²) in [6.07, 6.45) is 0.378. The van der Waals surface area contributed by atoms with Gasteiger partial charge in [0.05, 0.1) is 11.3 Å². The third-order valence-electron chi connectivity index (χ3n) is 2.79. The van der Waals surface area contributed by atoms with E-state index in [1.54, 1.807) is 4.57 Å². The number of aromatic nitrogens is 1. The standard InChI is InChI=1S/C10H16N4O2S/c1-7-8(2)14(10(12)9(7)6-11)4-3-5-17(13,15)16/h3-5,12H2,1-2H3,(H2,13,15,16). The highest BCUT2D eigenvalue weighted by Gasteiger charge is 2.15. The van der Waals surface area contributed by atoms with Crippen molar-refractivity contribution < 1.29 is 8.42 Å². The maximum atomic E-state index is 10.8. The van der Waals surface area contributed by atoms with E-state index >= 15 is 0 Å². The maximum absolute atomic E-state index is 10.8. The Kier molecular flexibility index (Phi) is 3.80. The second kappa shape index (κ2) is 4.77. The summed E-state index contributed by atoms with van der Waals surface area (Å²) in [6, 6.07) is 2.04. The van der Waals surface area contributed by atoms with Crippen molar-refractivity contribution >= 4 is 15.8 Å². The average molecular weight is 256 g/mol. The zero-order valence-electron chi connectivity index (χ0n) is 9.90. The van der Waals surface area contributed by atoms with Crippen molar-refractivity contribution in [1.29, 1.82) is 5.26 Å². The monoisotopic (exact) mass is 256 g/mol. The van der Waals surface area contributed by atoms with Crippen molar-refractivity contribution in [3.8, 4) is 6.07 Å². The Balaban J connectivity index is 2.90. The molecule has 0 saturated carbocycles. The molecule has 1 aromatic rings. The van der Waals surface area contributed by atoms with E-state index in [1.807, 2.05) is 19.9 Å². The summed E-state index contributed by atoms with van der Waals surface area (Å²) in [5, 5.41) is 13.8. The van der Waals surface area contributed by atoms with Crippen LogP contribution >= 0.6 is 0 Å². The van der Waals surface area contributed by atoms with Crippen molar-refractivity contribution in [1.82, 2.24) is 4.57 Å². The van der Waals surface area contributed by atoms with Crippen LogP contribution in [-0.2, 0) is 16.6 Å². The van der Waals surface area contributed by atoms with Crippen LogP contribution in [0.15, 0.2) is 0 Å². The molecule has 0 aromatic carbocycles. The number of rotatable bonds is 4. The molecule has 94 valence electrons. The lowest BCUT2D eigenvalue weighted by Crippen LogP contribution is -2.18. The highest BCUT2D eigenvalue weighted by molar-refractivity contribution is 7.89. The van der Waals surface area contributed by atoms with Crippen LogP contribution in [0.2, 0.25) is 0 Å². The SMILES string of the molecule is Cc1c(C#N)c(N)n(CCCS(N)(=O)=O)c1C. The van der Waals surface area contributed by atoms with Crippen molar-refractivity contribution in [2.24, 2.45) is 5.14 Å². The van der Waals surface area contributed by atoms with E-state index in [2.05, 4.69) is 0 Å². The van der Waals surface area contributed by atoms with Gasteiger partial charge in [-0.2, -0.15) is 5.26 Å². The Labute approximate surface area is 101 Å². The lowest BCUT2D eigenvalue weighted by atomic mass is 10.2. The topological polar surface area (TPSA) is 115 Å². The van der Waals surface area contributed by atoms with Crippen molar-refractivity contribution in [3.63, 3.8) is 0 Å². The summed E-state index contributed by atoms with van der Waals surface area (Å²) in [6.45, 7) is 4.11. The van der Waals surface area contributed by atoms with Gasteiger partial charge >= 0.3 is 0 Å². The third-order valence-corrected chi connectivity index (χ3v) is 3.65. The molecule has 0 unspecified atom stereocenters. The first-order valence-electron chi connectivity index (χ1n) is 5.13. The molecule has 0 aliphatic rings. The number of primary sulfonamides is 1. The van der Waals surface area contributed by atoms with Gasteiger partial charge in [-0.05, 0) is 25.8 Å². The van der Waals surface area contributed by atoms with Crippen LogP contribution < -0.4 is 10.9 Å². The zero-order valence-corrected chi connectivity index (χ0v) is 10.7. The number of nitrogens with two attached hydrogens (primary N) is 2. The van der Waals surface area contributed by atoms with Gasteiger partial charge in [0.1, 0.15) is 11.9 Å². The molecule has 0 fully saturated rings. The normalized spacial score (nSPS) is 11.4. The molecule has 1 rings (SSSR count). The van der Waals surface area contributed by atoms with E-state index in [0.717, 1.165) is 11.3 Å². The Hall–Kier alpha value is -1.52. The number of nitriles is 1. The van der Waals surface area contributed by atoms with E-state index in [0.29, 0.717) is 24.3 Å². The van der Waals surface area contributed by atoms with E-state index < -0.39 is 10.0 Å². The Morgan fingerprint density at radius 2 is 2.00 bits per heavy atom. The number of nitrogens with zero attached hydrogens (tertiary/aromatic N) is 2. The van der Waals surface area contributed by atoms with Gasteiger partial charge in [-0.3, -0.25) is 0 Å². The van der Waals surface area contributed by atoms with Crippen LogP contribution in [0, 0.1) is 25.2 Å². The van der Waals surface area contributed by atoms with E-state index in [9.17, 15) is 8.42 Å². The van der Waals surface area contributed by atoms with Crippen LogP contribution in [-0.4, -0.2) is 18.7 Å². The van der Waals surface area contributed by atoms with Crippen LogP contribution in [0.25, 0.3) is 0 Å². The molecule has 0 atom stereocenters. The van der Waals surface area contributed by atoms with Gasteiger partial charge in [0, 0.05) is 12.2 Å². The first kappa shape index (κ1) is 13.5. The molecule has 1 heterocycles. The van der Waals surface area contributed by atoms with Crippen LogP contribution in [0.4, 0.5) is 5.82 Å². The third kappa shape index (κ3) is 2.99. The van der Waals surface area contributed by atoms with Gasteiger partial charge in [0.15, 0.2) is 0 Å². The van der Waals surface area contributed by atoms with Gasteiger partial charge in [-0.25, -0.2) is 13.6 Å². The van der Waals surface area contributed by atoms with Crippen molar-refractivity contribution in [2.75, 3.05) is 11.5 Å². The van der Waals surface area contributed by atoms with E-state index in [4.69, 9.17) is 16.1 Å². The fourth-order valence-corrected chi connectivity index (χ4v) is 2.28. The minimum atomic E-state index is -3.45. The molecule has 0 aliphatic heterocycles. The lowest BCUT2D eigenvalue weighted by molar-refractivity contribution is 0.587. The molecule has 17 heavy (non-hydrogen) atoms. The van der Waals surface area contributed by atoms with Gasteiger partial charge in [0.25, 0.3) is 0 Å². The quantitative estimate of drug-likeness (QED) is 0.802. The zero-order chi connectivity index (χ0) is 13.2. The predicted molar refractivity (Wildman–Crippen MR) is 65.6 cm³/mol. The minimum Gasteiger partial charge on any atom is -0.384 e. The molecule has 7 heteroatoms. The summed E-state index contributed by atoms with van der Waals surface area (Å²) >= 11 is 0. The van der Waals surface area contributed by atoms with Crippen LogP contribution in [0.1, 0.15) is 23.2 Å². The molecule has 0 saturated heterocycles. The Morgan fingerprint density at radius 3 is 2.41 bits per heavy atom. The number of hydrogen-bond donors (Lipinski definition) is 2. The second-order valence-electron chi connectivity index (χ2n) is 3.95. The molecule has 1 aromatic heterocycles.